The average Bonchev–Trinajstić information content (AvgIpc) is 2.51. The van der Waals surface area contributed by atoms with E-state index < -0.39 is 6.10 Å². The van der Waals surface area contributed by atoms with Crippen molar-refractivity contribution >= 4 is 0 Å². The smallest absolute Gasteiger partial charge is 0.0863 e. The van der Waals surface area contributed by atoms with E-state index in [1.54, 1.807) is 0 Å². The highest BCUT2D eigenvalue weighted by Crippen LogP contribution is 2.39. The molecule has 3 unspecified atom stereocenters. The summed E-state index contributed by atoms with van der Waals surface area (Å²) in [6, 6.07) is 16.6. The number of aliphatic hydroxyl groups is 1. The molecule has 0 heterocycles. The second kappa shape index (κ2) is 6.91. The van der Waals surface area contributed by atoms with Crippen molar-refractivity contribution in [1.82, 2.24) is 0 Å². The first-order valence-corrected chi connectivity index (χ1v) is 7.85. The largest absolute Gasteiger partial charge is 0.388 e. The maximum absolute atomic E-state index is 11.0. The molecule has 1 nitrogen and oxygen atoms in total. The fraction of sp³-hybridized carbons (Fsp3) is 0.400. The summed E-state index contributed by atoms with van der Waals surface area (Å²) in [6.45, 7) is 8.63. The molecule has 21 heavy (non-hydrogen) atoms. The van der Waals surface area contributed by atoms with E-state index in [9.17, 15) is 5.11 Å². The molecule has 2 rings (SSSR count). The van der Waals surface area contributed by atoms with Crippen molar-refractivity contribution in [3.05, 3.63) is 70.8 Å². The van der Waals surface area contributed by atoms with Gasteiger partial charge in [-0.3, -0.25) is 0 Å². The molecule has 0 spiro atoms. The van der Waals surface area contributed by atoms with Gasteiger partial charge in [0, 0.05) is 5.92 Å². The minimum absolute atomic E-state index is 0.136. The molecule has 0 saturated heterocycles. The lowest BCUT2D eigenvalue weighted by molar-refractivity contribution is 0.117. The molecule has 0 bridgehead atoms. The van der Waals surface area contributed by atoms with E-state index in [0.29, 0.717) is 5.92 Å². The number of aliphatic hydroxyl groups excluding tert-OH is 1. The molecule has 2 aromatic rings. The molecular formula is C20H26O. The van der Waals surface area contributed by atoms with Crippen molar-refractivity contribution in [3.63, 3.8) is 0 Å². The van der Waals surface area contributed by atoms with Crippen LogP contribution in [-0.2, 0) is 0 Å². The highest BCUT2D eigenvalue weighted by molar-refractivity contribution is 5.37. The zero-order valence-electron chi connectivity index (χ0n) is 13.5. The predicted molar refractivity (Wildman–Crippen MR) is 89.5 cm³/mol. The quantitative estimate of drug-likeness (QED) is 0.802. The van der Waals surface area contributed by atoms with Crippen LogP contribution in [0.25, 0.3) is 0 Å². The molecule has 2 aromatic carbocycles. The highest BCUT2D eigenvalue weighted by atomic mass is 16.3. The predicted octanol–water partition coefficient (Wildman–Crippen LogP) is 5.17. The molecular weight excluding hydrogens is 256 g/mol. The maximum atomic E-state index is 11.0. The summed E-state index contributed by atoms with van der Waals surface area (Å²) in [6.07, 6.45) is 0.601. The normalized spacial score (nSPS) is 15.5. The molecule has 1 N–H and O–H groups in total. The summed E-state index contributed by atoms with van der Waals surface area (Å²) in [5, 5.41) is 11.0. The molecule has 0 amide bonds. The van der Waals surface area contributed by atoms with Crippen molar-refractivity contribution in [3.8, 4) is 0 Å². The fourth-order valence-electron chi connectivity index (χ4n) is 3.04. The van der Waals surface area contributed by atoms with Crippen LogP contribution in [0.3, 0.4) is 0 Å². The van der Waals surface area contributed by atoms with Crippen LogP contribution in [-0.4, -0.2) is 5.11 Å². The monoisotopic (exact) mass is 282 g/mol. The van der Waals surface area contributed by atoms with Gasteiger partial charge in [-0.25, -0.2) is 0 Å². The first kappa shape index (κ1) is 15.8. The van der Waals surface area contributed by atoms with E-state index in [0.717, 1.165) is 12.0 Å². The van der Waals surface area contributed by atoms with Crippen LogP contribution in [0, 0.1) is 19.8 Å². The standard InChI is InChI=1S/C20H26O/c1-5-14(2)19(17-11-7-6-8-12-17)20(21)18-13-9-10-15(3)16(18)4/h6-14,19-21H,5H2,1-4H3. The minimum atomic E-state index is -0.456. The summed E-state index contributed by atoms with van der Waals surface area (Å²) in [4.78, 5) is 0. The first-order valence-electron chi connectivity index (χ1n) is 7.85. The molecule has 1 heteroatoms. The first-order chi connectivity index (χ1) is 10.1. The maximum Gasteiger partial charge on any atom is 0.0863 e. The van der Waals surface area contributed by atoms with Crippen LogP contribution in [0.4, 0.5) is 0 Å². The summed E-state index contributed by atoms with van der Waals surface area (Å²) in [5.74, 6) is 0.569. The Labute approximate surface area is 128 Å². The Morgan fingerprint density at radius 1 is 0.952 bits per heavy atom. The Bertz CT molecular complexity index is 574. The van der Waals surface area contributed by atoms with Crippen molar-refractivity contribution in [2.24, 2.45) is 5.92 Å². The van der Waals surface area contributed by atoms with Gasteiger partial charge in [0.25, 0.3) is 0 Å². The van der Waals surface area contributed by atoms with Gasteiger partial charge in [-0.1, -0.05) is 68.8 Å². The van der Waals surface area contributed by atoms with E-state index in [1.165, 1.54) is 16.7 Å². The molecule has 0 aliphatic rings. The molecule has 0 aliphatic heterocycles. The van der Waals surface area contributed by atoms with Gasteiger partial charge in [-0.2, -0.15) is 0 Å². The second-order valence-electron chi connectivity index (χ2n) is 6.06. The molecule has 0 radical (unpaired) electrons. The summed E-state index contributed by atoms with van der Waals surface area (Å²) >= 11 is 0. The van der Waals surface area contributed by atoms with E-state index in [4.69, 9.17) is 0 Å². The van der Waals surface area contributed by atoms with Gasteiger partial charge in [0.15, 0.2) is 0 Å². The highest BCUT2D eigenvalue weighted by Gasteiger charge is 2.28. The van der Waals surface area contributed by atoms with Crippen LogP contribution in [0.2, 0.25) is 0 Å². The number of hydrogen-bond acceptors (Lipinski definition) is 1. The Balaban J connectivity index is 2.44. The Hall–Kier alpha value is -1.60. The Morgan fingerprint density at radius 2 is 1.62 bits per heavy atom. The summed E-state index contributed by atoms with van der Waals surface area (Å²) in [7, 11) is 0. The van der Waals surface area contributed by atoms with E-state index >= 15 is 0 Å². The van der Waals surface area contributed by atoms with Gasteiger partial charge in [0.05, 0.1) is 6.10 Å². The van der Waals surface area contributed by atoms with Crippen molar-refractivity contribution in [2.75, 3.05) is 0 Å². The number of aryl methyl sites for hydroxylation is 1. The molecule has 112 valence electrons. The molecule has 0 fully saturated rings. The van der Waals surface area contributed by atoms with Gasteiger partial charge < -0.3 is 5.11 Å². The number of rotatable bonds is 5. The van der Waals surface area contributed by atoms with Crippen LogP contribution >= 0.6 is 0 Å². The lowest BCUT2D eigenvalue weighted by Gasteiger charge is -2.30. The van der Waals surface area contributed by atoms with Gasteiger partial charge >= 0.3 is 0 Å². The third-order valence-corrected chi connectivity index (χ3v) is 4.75. The van der Waals surface area contributed by atoms with Crippen molar-refractivity contribution in [2.45, 2.75) is 46.1 Å². The second-order valence-corrected chi connectivity index (χ2v) is 6.06. The number of hydrogen-bond donors (Lipinski definition) is 1. The van der Waals surface area contributed by atoms with E-state index in [-0.39, 0.29) is 5.92 Å². The zero-order valence-corrected chi connectivity index (χ0v) is 13.5. The molecule has 0 aromatic heterocycles. The van der Waals surface area contributed by atoms with Gasteiger partial charge in [-0.15, -0.1) is 0 Å². The summed E-state index contributed by atoms with van der Waals surface area (Å²) in [5.41, 5.74) is 4.72. The zero-order chi connectivity index (χ0) is 15.4. The van der Waals surface area contributed by atoms with Gasteiger partial charge in [-0.05, 0) is 42.0 Å². The molecule has 3 atom stereocenters. The third kappa shape index (κ3) is 3.36. The van der Waals surface area contributed by atoms with E-state index in [1.807, 2.05) is 12.1 Å². The lowest BCUT2D eigenvalue weighted by Crippen LogP contribution is -2.19. The Morgan fingerprint density at radius 3 is 2.24 bits per heavy atom. The lowest BCUT2D eigenvalue weighted by atomic mass is 9.78. The average molecular weight is 282 g/mol. The third-order valence-electron chi connectivity index (χ3n) is 4.75. The van der Waals surface area contributed by atoms with Gasteiger partial charge in [0.2, 0.25) is 0 Å². The minimum Gasteiger partial charge on any atom is -0.388 e. The van der Waals surface area contributed by atoms with Crippen LogP contribution < -0.4 is 0 Å². The van der Waals surface area contributed by atoms with Gasteiger partial charge in [0.1, 0.15) is 0 Å². The van der Waals surface area contributed by atoms with E-state index in [2.05, 4.69) is 64.1 Å². The molecule has 0 saturated carbocycles. The topological polar surface area (TPSA) is 20.2 Å². The number of benzene rings is 2. The van der Waals surface area contributed by atoms with Crippen molar-refractivity contribution < 1.29 is 5.11 Å². The van der Waals surface area contributed by atoms with Crippen LogP contribution in [0.1, 0.15) is 54.5 Å². The summed E-state index contributed by atoms with van der Waals surface area (Å²) < 4.78 is 0. The SMILES string of the molecule is CCC(C)C(c1ccccc1)C(O)c1cccc(C)c1C. The van der Waals surface area contributed by atoms with Crippen LogP contribution in [0.15, 0.2) is 48.5 Å². The Kier molecular flexibility index (Phi) is 5.19. The fourth-order valence-corrected chi connectivity index (χ4v) is 3.04. The van der Waals surface area contributed by atoms with Crippen LogP contribution in [0.5, 0.6) is 0 Å². The van der Waals surface area contributed by atoms with Crippen molar-refractivity contribution in [1.29, 1.82) is 0 Å². The molecule has 0 aliphatic carbocycles.